The highest BCUT2D eigenvalue weighted by Gasteiger charge is 2.33. The molecule has 1 aliphatic heterocycles. The van der Waals surface area contributed by atoms with Crippen LogP contribution >= 0.6 is 0 Å². The molecule has 0 radical (unpaired) electrons. The van der Waals surface area contributed by atoms with Crippen molar-refractivity contribution in [3.05, 3.63) is 0 Å². The number of aliphatic hydroxyl groups excluding tert-OH is 1. The quantitative estimate of drug-likeness (QED) is 0.740. The minimum atomic E-state index is 0.0391. The summed E-state index contributed by atoms with van der Waals surface area (Å²) in [6.07, 6.45) is 7.25. The maximum absolute atomic E-state index is 9.45. The zero-order valence-corrected chi connectivity index (χ0v) is 9.50. The second-order valence-corrected chi connectivity index (χ2v) is 5.11. The van der Waals surface area contributed by atoms with Crippen molar-refractivity contribution in [1.29, 1.82) is 0 Å². The summed E-state index contributed by atoms with van der Waals surface area (Å²) in [4.78, 5) is 0. The zero-order chi connectivity index (χ0) is 10.6. The lowest BCUT2D eigenvalue weighted by Gasteiger charge is -2.31. The number of nitrogens with one attached hydrogen (secondary N) is 1. The van der Waals surface area contributed by atoms with Gasteiger partial charge in [0.2, 0.25) is 0 Å². The van der Waals surface area contributed by atoms with E-state index in [4.69, 9.17) is 4.74 Å². The Kier molecular flexibility index (Phi) is 4.00. The normalized spacial score (nSPS) is 30.6. The Morgan fingerprint density at radius 1 is 1.27 bits per heavy atom. The zero-order valence-electron chi connectivity index (χ0n) is 9.50. The average molecular weight is 213 g/mol. The lowest BCUT2D eigenvalue weighted by atomic mass is 9.96. The molecular weight excluding hydrogens is 190 g/mol. The predicted molar refractivity (Wildman–Crippen MR) is 59.8 cm³/mol. The maximum atomic E-state index is 9.45. The summed E-state index contributed by atoms with van der Waals surface area (Å²) in [5.41, 5.74) is 0.0391. The molecule has 0 amide bonds. The van der Waals surface area contributed by atoms with Gasteiger partial charge < -0.3 is 15.2 Å². The molecule has 1 unspecified atom stereocenters. The van der Waals surface area contributed by atoms with Gasteiger partial charge in [-0.3, -0.25) is 0 Å². The van der Waals surface area contributed by atoms with Gasteiger partial charge in [0.15, 0.2) is 0 Å². The molecule has 1 heterocycles. The third-order valence-electron chi connectivity index (χ3n) is 3.88. The molecule has 0 aromatic carbocycles. The van der Waals surface area contributed by atoms with Crippen LogP contribution in [0.5, 0.6) is 0 Å². The first-order chi connectivity index (χ1) is 7.35. The van der Waals surface area contributed by atoms with E-state index in [1.54, 1.807) is 0 Å². The van der Waals surface area contributed by atoms with E-state index in [1.807, 2.05) is 0 Å². The Morgan fingerprint density at radius 2 is 2.07 bits per heavy atom. The van der Waals surface area contributed by atoms with Crippen LogP contribution in [0.25, 0.3) is 0 Å². The molecule has 2 N–H and O–H groups in total. The molecule has 15 heavy (non-hydrogen) atoms. The summed E-state index contributed by atoms with van der Waals surface area (Å²) in [5.74, 6) is 0.655. The van der Waals surface area contributed by atoms with E-state index in [1.165, 1.54) is 25.7 Å². The number of hydrogen-bond donors (Lipinski definition) is 2. The van der Waals surface area contributed by atoms with Crippen LogP contribution in [0.1, 0.15) is 38.5 Å². The lowest BCUT2D eigenvalue weighted by Crippen LogP contribution is -2.48. The van der Waals surface area contributed by atoms with Gasteiger partial charge in [0.1, 0.15) is 0 Å². The molecule has 1 aliphatic carbocycles. The number of rotatable bonds is 4. The molecule has 88 valence electrons. The van der Waals surface area contributed by atoms with Crippen molar-refractivity contribution in [3.8, 4) is 0 Å². The third-order valence-corrected chi connectivity index (χ3v) is 3.88. The second-order valence-electron chi connectivity index (χ2n) is 5.11. The Bertz CT molecular complexity index is 184. The van der Waals surface area contributed by atoms with Gasteiger partial charge in [0.25, 0.3) is 0 Å². The van der Waals surface area contributed by atoms with Crippen molar-refractivity contribution in [2.75, 3.05) is 26.4 Å². The maximum Gasteiger partial charge on any atom is 0.0613 e. The van der Waals surface area contributed by atoms with Crippen molar-refractivity contribution >= 4 is 0 Å². The van der Waals surface area contributed by atoms with Gasteiger partial charge in [-0.1, -0.05) is 12.8 Å². The van der Waals surface area contributed by atoms with Gasteiger partial charge >= 0.3 is 0 Å². The van der Waals surface area contributed by atoms with Crippen molar-refractivity contribution in [1.82, 2.24) is 5.32 Å². The standard InChI is InChI=1S/C12H23NO2/c14-10-12(5-1-2-6-12)13-8-11-4-3-7-15-9-11/h11,13-14H,1-10H2. The molecule has 3 nitrogen and oxygen atoms in total. The molecule has 0 aromatic rings. The minimum absolute atomic E-state index is 0.0391. The van der Waals surface area contributed by atoms with Crippen molar-refractivity contribution in [2.24, 2.45) is 5.92 Å². The number of ether oxygens (including phenoxy) is 1. The van der Waals surface area contributed by atoms with Crippen LogP contribution in [0.3, 0.4) is 0 Å². The van der Waals surface area contributed by atoms with E-state index in [-0.39, 0.29) is 5.54 Å². The van der Waals surface area contributed by atoms with Crippen molar-refractivity contribution in [2.45, 2.75) is 44.1 Å². The Labute approximate surface area is 92.2 Å². The van der Waals surface area contributed by atoms with E-state index in [0.717, 1.165) is 32.6 Å². The van der Waals surface area contributed by atoms with Crippen LogP contribution in [0.15, 0.2) is 0 Å². The van der Waals surface area contributed by atoms with Gasteiger partial charge in [-0.15, -0.1) is 0 Å². The van der Waals surface area contributed by atoms with Gasteiger partial charge in [-0.2, -0.15) is 0 Å². The smallest absolute Gasteiger partial charge is 0.0613 e. The Balaban J connectivity index is 1.75. The minimum Gasteiger partial charge on any atom is -0.394 e. The second kappa shape index (κ2) is 5.28. The monoisotopic (exact) mass is 213 g/mol. The van der Waals surface area contributed by atoms with E-state index in [0.29, 0.717) is 12.5 Å². The van der Waals surface area contributed by atoms with Crippen LogP contribution in [0.2, 0.25) is 0 Å². The fourth-order valence-corrected chi connectivity index (χ4v) is 2.77. The van der Waals surface area contributed by atoms with Gasteiger partial charge in [0, 0.05) is 18.7 Å². The van der Waals surface area contributed by atoms with Gasteiger partial charge in [0.05, 0.1) is 13.2 Å². The predicted octanol–water partition coefficient (Wildman–Crippen LogP) is 1.31. The SMILES string of the molecule is OCC1(NCC2CCCOC2)CCCC1. The highest BCUT2D eigenvalue weighted by atomic mass is 16.5. The molecule has 1 saturated carbocycles. The lowest BCUT2D eigenvalue weighted by molar-refractivity contribution is 0.0482. The van der Waals surface area contributed by atoms with Crippen LogP contribution in [-0.4, -0.2) is 37.0 Å². The van der Waals surface area contributed by atoms with Crippen LogP contribution < -0.4 is 5.32 Å². The third kappa shape index (κ3) is 2.92. The molecule has 3 heteroatoms. The van der Waals surface area contributed by atoms with E-state index >= 15 is 0 Å². The van der Waals surface area contributed by atoms with Gasteiger partial charge in [-0.25, -0.2) is 0 Å². The fraction of sp³-hybridized carbons (Fsp3) is 1.00. The first kappa shape index (κ1) is 11.4. The molecule has 2 aliphatic rings. The summed E-state index contributed by atoms with van der Waals surface area (Å²) >= 11 is 0. The summed E-state index contributed by atoms with van der Waals surface area (Å²) in [5, 5.41) is 13.0. The average Bonchev–Trinajstić information content (AvgIpc) is 2.77. The highest BCUT2D eigenvalue weighted by Crippen LogP contribution is 2.29. The fourth-order valence-electron chi connectivity index (χ4n) is 2.77. The van der Waals surface area contributed by atoms with Gasteiger partial charge in [-0.05, 0) is 31.6 Å². The summed E-state index contributed by atoms with van der Waals surface area (Å²) in [7, 11) is 0. The topological polar surface area (TPSA) is 41.5 Å². The summed E-state index contributed by atoms with van der Waals surface area (Å²) in [6.45, 7) is 3.14. The van der Waals surface area contributed by atoms with E-state index in [2.05, 4.69) is 5.32 Å². The summed E-state index contributed by atoms with van der Waals surface area (Å²) < 4.78 is 5.46. The van der Waals surface area contributed by atoms with Crippen LogP contribution in [-0.2, 0) is 4.74 Å². The molecule has 2 fully saturated rings. The van der Waals surface area contributed by atoms with Crippen molar-refractivity contribution < 1.29 is 9.84 Å². The first-order valence-corrected chi connectivity index (χ1v) is 6.28. The molecule has 0 aromatic heterocycles. The van der Waals surface area contributed by atoms with Crippen LogP contribution in [0, 0.1) is 5.92 Å². The molecular formula is C12H23NO2. The first-order valence-electron chi connectivity index (χ1n) is 6.28. The van der Waals surface area contributed by atoms with E-state index in [9.17, 15) is 5.11 Å². The number of hydrogen-bond acceptors (Lipinski definition) is 3. The highest BCUT2D eigenvalue weighted by molar-refractivity contribution is 4.92. The Hall–Kier alpha value is -0.120. The Morgan fingerprint density at radius 3 is 2.67 bits per heavy atom. The van der Waals surface area contributed by atoms with Crippen molar-refractivity contribution in [3.63, 3.8) is 0 Å². The molecule has 0 spiro atoms. The van der Waals surface area contributed by atoms with E-state index < -0.39 is 0 Å². The molecule has 1 saturated heterocycles. The summed E-state index contributed by atoms with van der Waals surface area (Å²) in [6, 6.07) is 0. The largest absolute Gasteiger partial charge is 0.394 e. The molecule has 0 bridgehead atoms. The number of aliphatic hydroxyl groups is 1. The molecule has 1 atom stereocenters. The van der Waals surface area contributed by atoms with Crippen LogP contribution in [0.4, 0.5) is 0 Å². The molecule has 2 rings (SSSR count).